The summed E-state index contributed by atoms with van der Waals surface area (Å²) < 4.78 is 5.80. The van der Waals surface area contributed by atoms with Crippen molar-refractivity contribution in [1.29, 1.82) is 0 Å². The topological polar surface area (TPSA) is 99.9 Å². The summed E-state index contributed by atoms with van der Waals surface area (Å²) in [6, 6.07) is 15.0. The molecule has 2 fully saturated rings. The Kier molecular flexibility index (Phi) is 4.58. The largest absolute Gasteiger partial charge is 0.458 e. The highest BCUT2D eigenvalue weighted by molar-refractivity contribution is 6.11. The molecule has 8 heteroatoms. The molecule has 4 amide bonds. The fraction of sp³-hybridized carbons (Fsp3) is 0.250. The molecule has 0 radical (unpaired) electrons. The highest BCUT2D eigenvalue weighted by Gasteiger charge is 2.51. The van der Waals surface area contributed by atoms with Crippen LogP contribution in [-0.4, -0.2) is 41.6 Å². The number of amides is 4. The van der Waals surface area contributed by atoms with Crippen molar-refractivity contribution in [2.45, 2.75) is 25.3 Å². The Morgan fingerprint density at radius 2 is 1.84 bits per heavy atom. The van der Waals surface area contributed by atoms with Crippen molar-refractivity contribution in [2.24, 2.45) is 0 Å². The van der Waals surface area contributed by atoms with E-state index in [1.807, 2.05) is 18.2 Å². The van der Waals surface area contributed by atoms with E-state index < -0.39 is 17.5 Å². The van der Waals surface area contributed by atoms with Crippen LogP contribution in [0.25, 0.3) is 11.0 Å². The molecule has 162 valence electrons. The van der Waals surface area contributed by atoms with Crippen molar-refractivity contribution in [3.05, 3.63) is 65.9 Å². The van der Waals surface area contributed by atoms with Gasteiger partial charge in [-0.1, -0.05) is 18.2 Å². The fourth-order valence-corrected chi connectivity index (χ4v) is 4.22. The molecule has 5 rings (SSSR count). The summed E-state index contributed by atoms with van der Waals surface area (Å²) in [5.41, 5.74) is 0.308. The van der Waals surface area contributed by atoms with Crippen molar-refractivity contribution in [3.8, 4) is 0 Å². The molecule has 32 heavy (non-hydrogen) atoms. The Morgan fingerprint density at radius 1 is 1.09 bits per heavy atom. The summed E-state index contributed by atoms with van der Waals surface area (Å²) in [5.74, 6) is -0.546. The van der Waals surface area contributed by atoms with Gasteiger partial charge in [-0.15, -0.1) is 0 Å². The van der Waals surface area contributed by atoms with Gasteiger partial charge in [0.1, 0.15) is 11.3 Å². The minimum absolute atomic E-state index is 0.0632. The number of nitrogens with one attached hydrogen (secondary N) is 1. The predicted molar refractivity (Wildman–Crippen MR) is 116 cm³/mol. The monoisotopic (exact) mass is 431 g/mol. The molecule has 2 saturated heterocycles. The van der Waals surface area contributed by atoms with Crippen LogP contribution in [0.2, 0.25) is 0 Å². The van der Waals surface area contributed by atoms with Crippen molar-refractivity contribution in [2.75, 3.05) is 18.0 Å². The second kappa shape index (κ2) is 7.33. The third-order valence-corrected chi connectivity index (χ3v) is 6.07. The van der Waals surface area contributed by atoms with Gasteiger partial charge in [-0.2, -0.15) is 0 Å². The third kappa shape index (κ3) is 3.15. The van der Waals surface area contributed by atoms with Crippen LogP contribution in [0, 0.1) is 0 Å². The smallest absolute Gasteiger partial charge is 0.325 e. The second-order valence-electron chi connectivity index (χ2n) is 8.21. The normalized spacial score (nSPS) is 21.0. The molecule has 1 N–H and O–H groups in total. The maximum Gasteiger partial charge on any atom is 0.325 e. The van der Waals surface area contributed by atoms with Crippen LogP contribution in [0.4, 0.5) is 10.5 Å². The van der Waals surface area contributed by atoms with E-state index in [1.165, 1.54) is 0 Å². The van der Waals surface area contributed by atoms with Gasteiger partial charge in [-0.3, -0.25) is 19.3 Å². The first kappa shape index (κ1) is 20.0. The summed E-state index contributed by atoms with van der Waals surface area (Å²) in [6.45, 7) is 1.84. The van der Waals surface area contributed by atoms with Gasteiger partial charge in [0.2, 0.25) is 5.91 Å². The Bertz CT molecular complexity index is 1230. The molecular formula is C24H21N3O5. The highest BCUT2D eigenvalue weighted by atomic mass is 16.3. The Balaban J connectivity index is 1.34. The molecule has 0 unspecified atom stereocenters. The number of para-hydroxylation sites is 1. The number of carbonyl (C=O) groups excluding carboxylic acids is 4. The number of Topliss-reactive ketones (excluding diaryl/α,β-unsaturated/α-hetero) is 1. The number of urea groups is 1. The van der Waals surface area contributed by atoms with Crippen molar-refractivity contribution < 1.29 is 23.6 Å². The van der Waals surface area contributed by atoms with Crippen LogP contribution >= 0.6 is 0 Å². The van der Waals surface area contributed by atoms with E-state index in [0.29, 0.717) is 29.9 Å². The van der Waals surface area contributed by atoms with Gasteiger partial charge in [0.15, 0.2) is 11.3 Å². The zero-order chi connectivity index (χ0) is 22.5. The van der Waals surface area contributed by atoms with Crippen molar-refractivity contribution in [3.63, 3.8) is 0 Å². The van der Waals surface area contributed by atoms with E-state index in [1.54, 1.807) is 48.2 Å². The molecule has 3 aromatic rings. The standard InChI is InChI=1S/C24H21N3O5/c1-24(20-13-16-5-2-3-6-19(16)32-20)22(30)27(23(31)25-24)14-18(28)15-8-10-17(11-9-15)26-12-4-7-21(26)29/h2-3,5-6,8-11,13H,4,7,12,14H2,1H3,(H,25,31)/t24-/m1/s1. The van der Waals surface area contributed by atoms with E-state index in [-0.39, 0.29) is 18.2 Å². The summed E-state index contributed by atoms with van der Waals surface area (Å²) in [5, 5.41) is 3.48. The minimum atomic E-state index is -1.39. The lowest BCUT2D eigenvalue weighted by atomic mass is 9.98. The zero-order valence-corrected chi connectivity index (χ0v) is 17.5. The SMILES string of the molecule is C[C@]1(c2cc3ccccc3o2)NC(=O)N(CC(=O)c2ccc(N3CCCC3=O)cc2)C1=O. The molecular weight excluding hydrogens is 410 g/mol. The van der Waals surface area contributed by atoms with Crippen molar-refractivity contribution in [1.82, 2.24) is 10.2 Å². The molecule has 1 aromatic heterocycles. The lowest BCUT2D eigenvalue weighted by Crippen LogP contribution is -2.41. The Hall–Kier alpha value is -3.94. The lowest BCUT2D eigenvalue weighted by molar-refractivity contribution is -0.131. The first-order valence-electron chi connectivity index (χ1n) is 10.4. The van der Waals surface area contributed by atoms with Gasteiger partial charge < -0.3 is 14.6 Å². The van der Waals surface area contributed by atoms with Gasteiger partial charge in [0.25, 0.3) is 5.91 Å². The van der Waals surface area contributed by atoms with E-state index >= 15 is 0 Å². The van der Waals surface area contributed by atoms with Gasteiger partial charge in [-0.05, 0) is 49.7 Å². The molecule has 2 aliphatic rings. The van der Waals surface area contributed by atoms with E-state index in [2.05, 4.69) is 5.32 Å². The molecule has 8 nitrogen and oxygen atoms in total. The van der Waals surface area contributed by atoms with Crippen LogP contribution in [-0.2, 0) is 15.1 Å². The summed E-state index contributed by atoms with van der Waals surface area (Å²) in [7, 11) is 0. The van der Waals surface area contributed by atoms with Gasteiger partial charge in [0.05, 0.1) is 6.54 Å². The van der Waals surface area contributed by atoms with Crippen molar-refractivity contribution >= 4 is 40.3 Å². The molecule has 2 aromatic carbocycles. The molecule has 0 saturated carbocycles. The van der Waals surface area contributed by atoms with E-state index in [9.17, 15) is 19.2 Å². The number of fused-ring (bicyclic) bond motifs is 1. The second-order valence-corrected chi connectivity index (χ2v) is 8.21. The van der Waals surface area contributed by atoms with E-state index in [0.717, 1.165) is 22.4 Å². The molecule has 0 spiro atoms. The van der Waals surface area contributed by atoms with E-state index in [4.69, 9.17) is 4.42 Å². The van der Waals surface area contributed by atoms with Crippen LogP contribution in [0.1, 0.15) is 35.9 Å². The number of nitrogens with zero attached hydrogens (tertiary/aromatic N) is 2. The number of anilines is 1. The number of imide groups is 1. The lowest BCUT2D eigenvalue weighted by Gasteiger charge is -2.19. The fourth-order valence-electron chi connectivity index (χ4n) is 4.22. The predicted octanol–water partition coefficient (Wildman–Crippen LogP) is 3.21. The number of ketones is 1. The summed E-state index contributed by atoms with van der Waals surface area (Å²) >= 11 is 0. The van der Waals surface area contributed by atoms with Gasteiger partial charge in [0, 0.05) is 29.6 Å². The average Bonchev–Trinajstić information content (AvgIpc) is 3.47. The number of furan rings is 1. The molecule has 0 bridgehead atoms. The Morgan fingerprint density at radius 3 is 2.53 bits per heavy atom. The first-order valence-corrected chi connectivity index (χ1v) is 10.4. The van der Waals surface area contributed by atoms with Crippen LogP contribution in [0.5, 0.6) is 0 Å². The zero-order valence-electron chi connectivity index (χ0n) is 17.5. The number of rotatable bonds is 5. The van der Waals surface area contributed by atoms with Gasteiger partial charge in [-0.25, -0.2) is 4.79 Å². The number of hydrogen-bond acceptors (Lipinski definition) is 5. The van der Waals surface area contributed by atoms with Crippen LogP contribution < -0.4 is 10.2 Å². The summed E-state index contributed by atoms with van der Waals surface area (Å²) in [6.07, 6.45) is 1.34. The molecule has 0 aliphatic carbocycles. The maximum atomic E-state index is 13.1. The highest BCUT2D eigenvalue weighted by Crippen LogP contribution is 2.33. The molecule has 2 aliphatic heterocycles. The number of carbonyl (C=O) groups is 4. The third-order valence-electron chi connectivity index (χ3n) is 6.07. The molecule has 3 heterocycles. The number of hydrogen-bond donors (Lipinski definition) is 1. The molecule has 1 atom stereocenters. The maximum absolute atomic E-state index is 13.1. The quantitative estimate of drug-likeness (QED) is 0.494. The first-order chi connectivity index (χ1) is 15.4. The van der Waals surface area contributed by atoms with Crippen LogP contribution in [0.3, 0.4) is 0 Å². The van der Waals surface area contributed by atoms with Gasteiger partial charge >= 0.3 is 6.03 Å². The minimum Gasteiger partial charge on any atom is -0.458 e. The van der Waals surface area contributed by atoms with Crippen LogP contribution in [0.15, 0.2) is 59.0 Å². The average molecular weight is 431 g/mol. The number of benzene rings is 2. The summed E-state index contributed by atoms with van der Waals surface area (Å²) in [4.78, 5) is 53.0. The Labute approximate surface area is 183 Å².